The van der Waals surface area contributed by atoms with Crippen LogP contribution in [-0.4, -0.2) is 96.7 Å². The van der Waals surface area contributed by atoms with E-state index in [2.05, 4.69) is 149 Å². The Kier molecular flexibility index (Phi) is 63.8. The maximum absolute atomic E-state index is 13.0. The van der Waals surface area contributed by atoms with Gasteiger partial charge in [-0.15, -0.1) is 0 Å². The van der Waals surface area contributed by atoms with E-state index >= 15 is 0 Å². The lowest BCUT2D eigenvalue weighted by atomic mass is 10.1. The number of allylic oxidation sites excluding steroid dienone is 20. The third-order valence-corrected chi connectivity index (χ3v) is 16.3. The highest BCUT2D eigenvalue weighted by atomic mass is 31.2. The molecule has 5 atom stereocenters. The van der Waals surface area contributed by atoms with Crippen LogP contribution in [0.1, 0.15) is 272 Å². The van der Waals surface area contributed by atoms with Gasteiger partial charge in [-0.2, -0.15) is 0 Å². The second-order valence-corrected chi connectivity index (χ2v) is 26.3. The molecule has 5 unspecified atom stereocenters. The van der Waals surface area contributed by atoms with Crippen molar-refractivity contribution in [3.05, 3.63) is 122 Å². The van der Waals surface area contributed by atoms with E-state index in [0.29, 0.717) is 32.1 Å². The predicted molar refractivity (Wildman–Crippen MR) is 381 cm³/mol. The number of unbranched alkanes of at least 4 members (excludes halogenated alkanes) is 20. The maximum Gasteiger partial charge on any atom is 0.472 e. The zero-order chi connectivity index (χ0) is 69.0. The van der Waals surface area contributed by atoms with Gasteiger partial charge >= 0.3 is 39.5 Å². The fourth-order valence-corrected chi connectivity index (χ4v) is 10.5. The average Bonchev–Trinajstić information content (AvgIpc) is 1.29. The summed E-state index contributed by atoms with van der Waals surface area (Å²) in [6, 6.07) is 0. The molecule has 19 heteroatoms. The molecule has 0 saturated heterocycles. The van der Waals surface area contributed by atoms with Crippen molar-refractivity contribution < 1.29 is 80.2 Å². The lowest BCUT2D eigenvalue weighted by Crippen LogP contribution is -2.30. The van der Waals surface area contributed by atoms with E-state index in [4.69, 9.17) is 37.0 Å². The van der Waals surface area contributed by atoms with Crippen LogP contribution in [0.4, 0.5) is 0 Å². The summed E-state index contributed by atoms with van der Waals surface area (Å²) in [6.45, 7) is 4.44. The van der Waals surface area contributed by atoms with Gasteiger partial charge in [0.1, 0.15) is 19.3 Å². The minimum atomic E-state index is -4.99. The number of esters is 4. The second-order valence-electron chi connectivity index (χ2n) is 23.4. The monoisotopic (exact) mass is 1360 g/mol. The highest BCUT2D eigenvalue weighted by Gasteiger charge is 2.30. The summed E-state index contributed by atoms with van der Waals surface area (Å²) in [5.74, 6) is -2.28. The third kappa shape index (κ3) is 66.1. The summed E-state index contributed by atoms with van der Waals surface area (Å²) in [4.78, 5) is 72.6. The lowest BCUT2D eigenvalue weighted by molar-refractivity contribution is -0.161. The molecular formula is C75H126O17P2. The number of hydrogen-bond acceptors (Lipinski definition) is 15. The van der Waals surface area contributed by atoms with Crippen molar-refractivity contribution in [2.75, 3.05) is 39.6 Å². The fourth-order valence-electron chi connectivity index (χ4n) is 8.93. The molecule has 3 N–H and O–H groups in total. The molecule has 0 bridgehead atoms. The van der Waals surface area contributed by atoms with Gasteiger partial charge in [-0.05, 0) is 141 Å². The number of ether oxygens (including phenoxy) is 4. The van der Waals surface area contributed by atoms with Gasteiger partial charge in [-0.3, -0.25) is 37.3 Å². The zero-order valence-electron chi connectivity index (χ0n) is 58.3. The summed E-state index contributed by atoms with van der Waals surface area (Å²) in [5, 5.41) is 10.6. The summed E-state index contributed by atoms with van der Waals surface area (Å²) < 4.78 is 68.2. The van der Waals surface area contributed by atoms with Gasteiger partial charge in [0.15, 0.2) is 12.2 Å². The van der Waals surface area contributed by atoms with Gasteiger partial charge in [0, 0.05) is 25.7 Å². The topological polar surface area (TPSA) is 237 Å². The molecular weight excluding hydrogens is 1230 g/mol. The Balaban J connectivity index is 5.39. The number of phosphoric acid groups is 2. The van der Waals surface area contributed by atoms with Crippen molar-refractivity contribution in [1.82, 2.24) is 0 Å². The normalized spacial score (nSPS) is 14.8. The standard InChI is InChI=1S/C75H126O17P2/c1-5-9-13-17-21-25-29-31-33-34-36-37-41-44-48-52-56-60-73(78)86-66-71(92-75(80)62-58-54-50-46-42-38-35-32-30-26-22-18-14-10-6-2)68-90-94(83,84)88-64-69(76)63-87-93(81,82)89-67-70(91-74(79)61-57-53-49-45-40-28-24-20-16-12-8-4)65-85-72(77)59-55-51-47-43-39-27-23-19-15-11-7-3/h9-10,13-14,19-26,31-33,35-37,42,46,69-71,76H,5-8,11-12,15-18,27-30,34,38-41,43-45,47-68H2,1-4H3,(H,81,82)(H,83,84)/b13-9-,14-10-,23-19-,24-20-,25-21-,26-22-,33-31-,35-32-,37-36-,46-42-. The highest BCUT2D eigenvalue weighted by molar-refractivity contribution is 7.47. The van der Waals surface area contributed by atoms with Crippen molar-refractivity contribution in [3.63, 3.8) is 0 Å². The van der Waals surface area contributed by atoms with Crippen LogP contribution in [0.5, 0.6) is 0 Å². The SMILES string of the molecule is CC/C=C\C/C=C\C/C=C\C/C=C\CCCCCCC(=O)OCC(COP(=O)(O)OCC(O)COP(=O)(O)OCC(COC(=O)CCCCCCC/C=C\CCCC)OC(=O)CCCCCCC/C=C\CCCC)OC(=O)CCCC/C=C\C/C=C\C/C=C\C/C=C\CC. The Morgan fingerprint density at radius 3 is 0.883 bits per heavy atom. The van der Waals surface area contributed by atoms with E-state index in [1.165, 1.54) is 25.7 Å². The Bertz CT molecular complexity index is 2270. The number of hydrogen-bond donors (Lipinski definition) is 3. The molecule has 0 aromatic carbocycles. The zero-order valence-corrected chi connectivity index (χ0v) is 60.1. The molecule has 0 aliphatic carbocycles. The number of phosphoric ester groups is 2. The first-order valence-electron chi connectivity index (χ1n) is 35.8. The molecule has 538 valence electrons. The van der Waals surface area contributed by atoms with E-state index in [1.54, 1.807) is 0 Å². The first-order valence-corrected chi connectivity index (χ1v) is 38.8. The van der Waals surface area contributed by atoms with Crippen molar-refractivity contribution >= 4 is 39.5 Å². The van der Waals surface area contributed by atoms with Crippen LogP contribution in [0, 0.1) is 0 Å². The highest BCUT2D eigenvalue weighted by Crippen LogP contribution is 2.45. The van der Waals surface area contributed by atoms with Crippen molar-refractivity contribution in [3.8, 4) is 0 Å². The molecule has 0 saturated carbocycles. The number of aliphatic hydroxyl groups is 1. The van der Waals surface area contributed by atoms with Crippen molar-refractivity contribution in [2.24, 2.45) is 0 Å². The number of rotatable bonds is 66. The van der Waals surface area contributed by atoms with E-state index in [1.807, 2.05) is 0 Å². The van der Waals surface area contributed by atoms with Gasteiger partial charge < -0.3 is 33.8 Å². The Hall–Kier alpha value is -4.54. The predicted octanol–water partition coefficient (Wildman–Crippen LogP) is 20.0. The van der Waals surface area contributed by atoms with E-state index in [9.17, 15) is 43.2 Å². The van der Waals surface area contributed by atoms with Crippen molar-refractivity contribution in [1.29, 1.82) is 0 Å². The molecule has 0 amide bonds. The average molecular weight is 1360 g/mol. The molecule has 0 aliphatic heterocycles. The molecule has 17 nitrogen and oxygen atoms in total. The minimum Gasteiger partial charge on any atom is -0.462 e. The summed E-state index contributed by atoms with van der Waals surface area (Å²) in [7, 11) is -9.96. The van der Waals surface area contributed by atoms with Crippen LogP contribution in [-0.2, 0) is 65.4 Å². The fraction of sp³-hybridized carbons (Fsp3) is 0.680. The summed E-state index contributed by atoms with van der Waals surface area (Å²) in [5.41, 5.74) is 0. The smallest absolute Gasteiger partial charge is 0.462 e. The van der Waals surface area contributed by atoms with Crippen LogP contribution in [0.3, 0.4) is 0 Å². The Morgan fingerprint density at radius 1 is 0.309 bits per heavy atom. The van der Waals surface area contributed by atoms with Crippen molar-refractivity contribution in [2.45, 2.75) is 290 Å². The van der Waals surface area contributed by atoms with E-state index in [0.717, 1.165) is 161 Å². The second kappa shape index (κ2) is 67.0. The number of aliphatic hydroxyl groups excluding tert-OH is 1. The summed E-state index contributed by atoms with van der Waals surface area (Å²) in [6.07, 6.45) is 70.8. The Morgan fingerprint density at radius 2 is 0.553 bits per heavy atom. The van der Waals surface area contributed by atoms with Crippen LogP contribution in [0.15, 0.2) is 122 Å². The third-order valence-electron chi connectivity index (χ3n) is 14.4. The molecule has 0 fully saturated rings. The van der Waals surface area contributed by atoms with Gasteiger partial charge in [-0.1, -0.05) is 226 Å². The first kappa shape index (κ1) is 89.5. The molecule has 0 spiro atoms. The quantitative estimate of drug-likeness (QED) is 0.0169. The minimum absolute atomic E-state index is 0.0340. The van der Waals surface area contributed by atoms with Gasteiger partial charge in [-0.25, -0.2) is 9.13 Å². The molecule has 0 radical (unpaired) electrons. The van der Waals surface area contributed by atoms with Crippen LogP contribution in [0.25, 0.3) is 0 Å². The Labute approximate surface area is 568 Å². The molecule has 94 heavy (non-hydrogen) atoms. The molecule has 0 aromatic rings. The number of carbonyl (C=O) groups excluding carboxylic acids is 4. The van der Waals surface area contributed by atoms with Gasteiger partial charge in [0.25, 0.3) is 0 Å². The van der Waals surface area contributed by atoms with E-state index in [-0.39, 0.29) is 25.7 Å². The van der Waals surface area contributed by atoms with E-state index < -0.39 is 97.5 Å². The van der Waals surface area contributed by atoms with Crippen LogP contribution >= 0.6 is 15.6 Å². The van der Waals surface area contributed by atoms with Crippen LogP contribution < -0.4 is 0 Å². The van der Waals surface area contributed by atoms with Gasteiger partial charge in [0.2, 0.25) is 0 Å². The van der Waals surface area contributed by atoms with Gasteiger partial charge in [0.05, 0.1) is 26.4 Å². The molecule has 0 aromatic heterocycles. The number of carbonyl (C=O) groups is 4. The summed E-state index contributed by atoms with van der Waals surface area (Å²) >= 11 is 0. The maximum atomic E-state index is 13.0. The molecule has 0 aliphatic rings. The van der Waals surface area contributed by atoms with Crippen LogP contribution in [0.2, 0.25) is 0 Å². The lowest BCUT2D eigenvalue weighted by Gasteiger charge is -2.21. The first-order chi connectivity index (χ1) is 45.7. The molecule has 0 heterocycles. The largest absolute Gasteiger partial charge is 0.472 e. The molecule has 0 rings (SSSR count).